The molecule has 0 aliphatic carbocycles. The van der Waals surface area contributed by atoms with Crippen LogP contribution in [0.15, 0.2) is 110 Å². The molecule has 0 bridgehead atoms. The number of aromatic carboxylic acids is 2. The number of hydrogen-bond donors (Lipinski definition) is 3. The van der Waals surface area contributed by atoms with Gasteiger partial charge >= 0.3 is 47.5 Å². The molecule has 18 nitrogen and oxygen atoms in total. The monoisotopic (exact) mass is 1010 g/mol. The molecule has 23 heteroatoms. The Hall–Kier alpha value is -7.44. The number of rotatable bonds is 8. The first-order chi connectivity index (χ1) is 32.7. The van der Waals surface area contributed by atoms with E-state index in [2.05, 4.69) is 40.1 Å². The summed E-state index contributed by atoms with van der Waals surface area (Å²) in [6, 6.07) is 31.9. The molecule has 340 valence electrons. The Morgan fingerprint density at radius 3 is 1.58 bits per heavy atom. The number of hydrogen-bond acceptors (Lipinski definition) is 13. The molecule has 9 aromatic rings. The summed E-state index contributed by atoms with van der Waals surface area (Å²) in [6.07, 6.45) is 4.78. The Kier molecular flexibility index (Phi) is 18.7. The van der Waals surface area contributed by atoms with E-state index < -0.39 is 17.9 Å². The SMILES string of the molecule is COC(=O)c1cc(C#N)n[nH]1.ClCc1ccc2ncc(Cl)cc2c1.N#Cc1cc(C(=O)O)n(Cc2ccc3ncc(Cl)cc3c2)n1.N#Cc1cc(C(=O)O)nn1Cc1ccc2ncc(Cl)cc2c1.[H-].[Na+]. The standard InChI is InChI=1S/2C15H9ClN4O2.C10H7Cl2N.C6H5N3O2.Na.H/c16-11-4-10-3-9(1-2-13(10)18-7-11)8-20-12(6-17)5-14(19-20)15(21)22;16-11-4-10-3-9(1-2-13(10)18-7-11)8-20-14(15(21)22)5-12(6-17)19-20;11-5-7-1-2-10-8(3-7)4-9(12)6-13-10;1-11-6(10)5-2-4(3-7)8-9-5;;/h2*1-5,7H,8H2,(H,21,22);1-4,6H,5H2;2H,1H3,(H,8,9);;/q;;;;+1;-1. The topological polar surface area (TPSA) is 275 Å². The number of esters is 1. The van der Waals surface area contributed by atoms with E-state index in [1.165, 1.54) is 34.7 Å². The first-order valence-corrected chi connectivity index (χ1v) is 21.0. The van der Waals surface area contributed by atoms with Gasteiger partial charge in [-0.15, -0.1) is 11.6 Å². The van der Waals surface area contributed by atoms with Gasteiger partial charge in [0.05, 0.1) is 51.8 Å². The molecule has 6 heterocycles. The number of benzene rings is 3. The van der Waals surface area contributed by atoms with Crippen molar-refractivity contribution in [3.05, 3.63) is 176 Å². The van der Waals surface area contributed by atoms with Crippen molar-refractivity contribution in [2.45, 2.75) is 19.0 Å². The predicted molar refractivity (Wildman–Crippen MR) is 252 cm³/mol. The average Bonchev–Trinajstić information content (AvgIpc) is 4.10. The maximum Gasteiger partial charge on any atom is 1.00 e. The van der Waals surface area contributed by atoms with Gasteiger partial charge in [-0.1, -0.05) is 53.0 Å². The number of carbonyl (C=O) groups excluding carboxylic acids is 1. The van der Waals surface area contributed by atoms with Gasteiger partial charge in [0, 0.05) is 58.8 Å². The third kappa shape index (κ3) is 14.1. The van der Waals surface area contributed by atoms with Crippen molar-refractivity contribution in [3.8, 4) is 18.2 Å². The normalized spacial score (nSPS) is 10.1. The van der Waals surface area contributed by atoms with Crippen molar-refractivity contribution in [1.29, 1.82) is 15.8 Å². The molecule has 0 amide bonds. The number of aromatic amines is 1. The Bertz CT molecular complexity index is 3500. The summed E-state index contributed by atoms with van der Waals surface area (Å²) in [5.41, 5.74) is 5.78. The van der Waals surface area contributed by atoms with Crippen molar-refractivity contribution in [2.75, 3.05) is 7.11 Å². The number of fused-ring (bicyclic) bond motifs is 3. The van der Waals surface area contributed by atoms with Gasteiger partial charge in [-0.05, 0) is 71.3 Å². The van der Waals surface area contributed by atoms with Crippen LogP contribution in [0.3, 0.4) is 0 Å². The smallest absolute Gasteiger partial charge is 1.00 e. The number of alkyl halides is 1. The van der Waals surface area contributed by atoms with Crippen LogP contribution in [0.5, 0.6) is 0 Å². The number of carbonyl (C=O) groups is 3. The minimum Gasteiger partial charge on any atom is -1.00 e. The van der Waals surface area contributed by atoms with Crippen molar-refractivity contribution in [2.24, 2.45) is 0 Å². The predicted octanol–water partition coefficient (Wildman–Crippen LogP) is 6.22. The number of nitriles is 3. The van der Waals surface area contributed by atoms with E-state index >= 15 is 0 Å². The Balaban J connectivity index is 0.000000209. The average molecular weight is 1010 g/mol. The van der Waals surface area contributed by atoms with Crippen LogP contribution >= 0.6 is 46.4 Å². The zero-order valence-corrected chi connectivity index (χ0v) is 41.0. The number of pyridine rings is 3. The molecule has 0 saturated carbocycles. The minimum absolute atomic E-state index is 0. The van der Waals surface area contributed by atoms with Gasteiger partial charge in [-0.3, -0.25) is 24.7 Å². The van der Waals surface area contributed by atoms with Crippen LogP contribution in [-0.2, 0) is 23.7 Å². The van der Waals surface area contributed by atoms with Gasteiger partial charge in [-0.25, -0.2) is 19.1 Å². The summed E-state index contributed by atoms with van der Waals surface area (Å²) >= 11 is 23.4. The van der Waals surface area contributed by atoms with Crippen LogP contribution < -0.4 is 29.6 Å². The van der Waals surface area contributed by atoms with Crippen LogP contribution in [0.25, 0.3) is 32.7 Å². The van der Waals surface area contributed by atoms with Gasteiger partial charge in [0.15, 0.2) is 17.1 Å². The van der Waals surface area contributed by atoms with Gasteiger partial charge in [0.1, 0.15) is 35.3 Å². The molecule has 0 spiro atoms. The fourth-order valence-electron chi connectivity index (χ4n) is 6.18. The van der Waals surface area contributed by atoms with Crippen LogP contribution in [0.2, 0.25) is 15.1 Å². The van der Waals surface area contributed by atoms with Crippen molar-refractivity contribution in [3.63, 3.8) is 0 Å². The van der Waals surface area contributed by atoms with E-state index in [1.807, 2.05) is 72.8 Å². The molecule has 3 N–H and O–H groups in total. The number of nitrogens with zero attached hydrogens (tertiary/aromatic N) is 11. The first kappa shape index (κ1) is 52.5. The molecule has 3 aromatic carbocycles. The number of nitrogens with one attached hydrogen (secondary N) is 1. The summed E-state index contributed by atoms with van der Waals surface area (Å²) in [5, 5.41) is 62.6. The van der Waals surface area contributed by atoms with Crippen LogP contribution in [0, 0.1) is 34.0 Å². The zero-order valence-electron chi connectivity index (χ0n) is 37.0. The van der Waals surface area contributed by atoms with Crippen LogP contribution in [0.4, 0.5) is 0 Å². The molecule has 9 rings (SSSR count). The quantitative estimate of drug-likeness (QED) is 0.0866. The molecule has 0 aliphatic rings. The Labute approximate surface area is 434 Å². The van der Waals surface area contributed by atoms with Crippen molar-refractivity contribution >= 4 is 97.0 Å². The molecular formula is C46H31Cl4N12NaO6. The summed E-state index contributed by atoms with van der Waals surface area (Å²) in [7, 11) is 1.26. The summed E-state index contributed by atoms with van der Waals surface area (Å²) in [4.78, 5) is 45.5. The fraction of sp³-hybridized carbons (Fsp3) is 0.0870. The molecule has 0 fully saturated rings. The van der Waals surface area contributed by atoms with E-state index in [-0.39, 0.29) is 71.7 Å². The first-order valence-electron chi connectivity index (χ1n) is 19.4. The van der Waals surface area contributed by atoms with Gasteiger partial charge in [0.25, 0.3) is 0 Å². The maximum absolute atomic E-state index is 11.2. The second-order valence-corrected chi connectivity index (χ2v) is 15.5. The maximum atomic E-state index is 11.2. The number of carboxylic acid groups (broad SMARTS) is 2. The number of ether oxygens (including phenoxy) is 1. The molecule has 0 radical (unpaired) electrons. The van der Waals surface area contributed by atoms with Gasteiger partial charge in [0.2, 0.25) is 0 Å². The van der Waals surface area contributed by atoms with E-state index in [0.717, 1.165) is 49.4 Å². The van der Waals surface area contributed by atoms with E-state index in [0.29, 0.717) is 27.5 Å². The molecule has 6 aromatic heterocycles. The molecule has 69 heavy (non-hydrogen) atoms. The van der Waals surface area contributed by atoms with Crippen LogP contribution in [0.1, 0.15) is 66.7 Å². The largest absolute Gasteiger partial charge is 1.00 e. The molecule has 0 saturated heterocycles. The number of halogens is 4. The van der Waals surface area contributed by atoms with Crippen molar-refractivity contribution < 1.29 is 60.3 Å². The Morgan fingerprint density at radius 1 is 0.652 bits per heavy atom. The van der Waals surface area contributed by atoms with Crippen molar-refractivity contribution in [1.82, 2.24) is 44.7 Å². The fourth-order valence-corrected chi connectivity index (χ4v) is 6.84. The number of aromatic nitrogens is 9. The number of carboxylic acids is 2. The second kappa shape index (κ2) is 24.5. The number of H-pyrrole nitrogens is 1. The molecule has 0 atom stereocenters. The summed E-state index contributed by atoms with van der Waals surface area (Å²) < 4.78 is 7.03. The molecule has 0 aliphatic heterocycles. The minimum atomic E-state index is -1.16. The second-order valence-electron chi connectivity index (χ2n) is 13.9. The third-order valence-electron chi connectivity index (χ3n) is 9.28. The summed E-state index contributed by atoms with van der Waals surface area (Å²) in [6.45, 7) is 0.532. The Morgan fingerprint density at radius 2 is 1.14 bits per heavy atom. The number of methoxy groups -OCH3 is 1. The van der Waals surface area contributed by atoms with Gasteiger partial charge in [-0.2, -0.15) is 31.1 Å². The van der Waals surface area contributed by atoms with E-state index in [9.17, 15) is 14.4 Å². The third-order valence-corrected chi connectivity index (χ3v) is 10.2. The summed E-state index contributed by atoms with van der Waals surface area (Å²) in [5.74, 6) is -2.30. The zero-order chi connectivity index (χ0) is 48.9. The molecular weight excluding hydrogens is 981 g/mol. The van der Waals surface area contributed by atoms with E-state index in [1.54, 1.807) is 36.8 Å². The van der Waals surface area contributed by atoms with E-state index in [4.69, 9.17) is 72.4 Å². The van der Waals surface area contributed by atoms with Crippen LogP contribution in [-0.4, -0.2) is 79.9 Å². The van der Waals surface area contributed by atoms with Gasteiger partial charge < -0.3 is 16.4 Å². The molecule has 0 unspecified atom stereocenters.